The molecule has 2 fully saturated rings. The Balaban J connectivity index is 1.45. The average molecular weight is 393 g/mol. The summed E-state index contributed by atoms with van der Waals surface area (Å²) < 4.78 is 0. The second-order valence-corrected chi connectivity index (χ2v) is 7.94. The largest absolute Gasteiger partial charge is 0.353 e. The summed E-state index contributed by atoms with van der Waals surface area (Å²) in [7, 11) is 0. The van der Waals surface area contributed by atoms with Crippen molar-refractivity contribution in [2.45, 2.75) is 26.7 Å². The van der Waals surface area contributed by atoms with Gasteiger partial charge in [0.15, 0.2) is 0 Å². The quantitative estimate of drug-likeness (QED) is 0.735. The Labute approximate surface area is 172 Å². The van der Waals surface area contributed by atoms with E-state index < -0.39 is 5.41 Å². The fourth-order valence-electron chi connectivity index (χ4n) is 4.12. The number of carbonyl (C=O) groups excluding carboxylic acids is 2. The van der Waals surface area contributed by atoms with Gasteiger partial charge in [-0.15, -0.1) is 0 Å². The molecule has 2 aliphatic rings. The van der Waals surface area contributed by atoms with Crippen molar-refractivity contribution in [3.8, 4) is 0 Å². The van der Waals surface area contributed by atoms with E-state index in [1.54, 1.807) is 11.1 Å². The fourth-order valence-corrected chi connectivity index (χ4v) is 4.12. The number of rotatable bonds is 5. The number of anilines is 2. The van der Waals surface area contributed by atoms with E-state index in [4.69, 9.17) is 0 Å². The number of aromatic nitrogens is 1. The van der Waals surface area contributed by atoms with Gasteiger partial charge in [-0.25, -0.2) is 4.98 Å². The standard InChI is InChI=1S/C23H28N4O2/c1-3-27(19-8-6-7-18(2)17-19)22(29)23(10-11-23)21(28)26-15-13-25(14-16-26)20-9-4-5-12-24-20/h4-9,12,17H,3,10-11,13-16H2,1-2H3. The molecule has 0 bridgehead atoms. The first-order valence-corrected chi connectivity index (χ1v) is 10.4. The highest BCUT2D eigenvalue weighted by Crippen LogP contribution is 2.49. The van der Waals surface area contributed by atoms with Gasteiger partial charge in [-0.1, -0.05) is 18.2 Å². The van der Waals surface area contributed by atoms with Crippen LogP contribution in [-0.4, -0.2) is 54.4 Å². The van der Waals surface area contributed by atoms with Crippen molar-refractivity contribution < 1.29 is 9.59 Å². The number of benzene rings is 1. The predicted molar refractivity (Wildman–Crippen MR) is 114 cm³/mol. The molecule has 1 aromatic heterocycles. The van der Waals surface area contributed by atoms with Gasteiger partial charge < -0.3 is 14.7 Å². The molecule has 2 aromatic rings. The van der Waals surface area contributed by atoms with E-state index in [1.807, 2.05) is 61.2 Å². The number of nitrogens with zero attached hydrogens (tertiary/aromatic N) is 4. The number of pyridine rings is 1. The third kappa shape index (κ3) is 3.71. The first-order chi connectivity index (χ1) is 14.0. The Kier molecular flexibility index (Phi) is 5.26. The Morgan fingerprint density at radius 3 is 2.41 bits per heavy atom. The van der Waals surface area contributed by atoms with E-state index in [0.29, 0.717) is 32.5 Å². The lowest BCUT2D eigenvalue weighted by Gasteiger charge is -2.37. The maximum atomic E-state index is 13.4. The Hall–Kier alpha value is -2.89. The average Bonchev–Trinajstić information content (AvgIpc) is 3.57. The summed E-state index contributed by atoms with van der Waals surface area (Å²) in [6.45, 7) is 7.27. The lowest BCUT2D eigenvalue weighted by molar-refractivity contribution is -0.143. The predicted octanol–water partition coefficient (Wildman–Crippen LogP) is 2.87. The molecule has 0 radical (unpaired) electrons. The lowest BCUT2D eigenvalue weighted by atomic mass is 10.0. The zero-order chi connectivity index (χ0) is 20.4. The lowest BCUT2D eigenvalue weighted by Crippen LogP contribution is -2.54. The van der Waals surface area contributed by atoms with Crippen LogP contribution in [0.15, 0.2) is 48.7 Å². The van der Waals surface area contributed by atoms with E-state index >= 15 is 0 Å². The van der Waals surface area contributed by atoms with Crippen LogP contribution >= 0.6 is 0 Å². The monoisotopic (exact) mass is 392 g/mol. The second-order valence-electron chi connectivity index (χ2n) is 7.94. The summed E-state index contributed by atoms with van der Waals surface area (Å²) in [5.41, 5.74) is 1.11. The third-order valence-corrected chi connectivity index (χ3v) is 5.98. The van der Waals surface area contributed by atoms with E-state index in [0.717, 1.165) is 30.2 Å². The Morgan fingerprint density at radius 2 is 1.83 bits per heavy atom. The van der Waals surface area contributed by atoms with Crippen LogP contribution in [0.3, 0.4) is 0 Å². The minimum absolute atomic E-state index is 0.00530. The number of amides is 2. The highest BCUT2D eigenvalue weighted by molar-refractivity contribution is 6.14. The summed E-state index contributed by atoms with van der Waals surface area (Å²) in [5, 5.41) is 0. The van der Waals surface area contributed by atoms with Crippen molar-refractivity contribution in [2.24, 2.45) is 5.41 Å². The van der Waals surface area contributed by atoms with Gasteiger partial charge in [0.2, 0.25) is 11.8 Å². The molecular weight excluding hydrogens is 364 g/mol. The second kappa shape index (κ2) is 7.85. The van der Waals surface area contributed by atoms with Crippen molar-refractivity contribution in [1.29, 1.82) is 0 Å². The molecule has 0 N–H and O–H groups in total. The molecule has 152 valence electrons. The van der Waals surface area contributed by atoms with Crippen LogP contribution in [0.2, 0.25) is 0 Å². The number of piperazine rings is 1. The molecule has 6 heteroatoms. The van der Waals surface area contributed by atoms with Gasteiger partial charge in [0.05, 0.1) is 0 Å². The normalized spacial score (nSPS) is 17.7. The molecule has 1 aromatic carbocycles. The summed E-state index contributed by atoms with van der Waals surface area (Å²) in [5.74, 6) is 0.880. The van der Waals surface area contributed by atoms with Crippen molar-refractivity contribution in [2.75, 3.05) is 42.5 Å². The van der Waals surface area contributed by atoms with E-state index in [-0.39, 0.29) is 11.8 Å². The van der Waals surface area contributed by atoms with Crippen LogP contribution in [0.5, 0.6) is 0 Å². The summed E-state index contributed by atoms with van der Waals surface area (Å²) >= 11 is 0. The van der Waals surface area contributed by atoms with Gasteiger partial charge in [0.1, 0.15) is 11.2 Å². The van der Waals surface area contributed by atoms with Crippen molar-refractivity contribution in [1.82, 2.24) is 9.88 Å². The van der Waals surface area contributed by atoms with E-state index in [9.17, 15) is 9.59 Å². The first kappa shape index (κ1) is 19.4. The van der Waals surface area contributed by atoms with Gasteiger partial charge in [0, 0.05) is 44.6 Å². The highest BCUT2D eigenvalue weighted by Gasteiger charge is 2.59. The number of carbonyl (C=O) groups is 2. The maximum Gasteiger partial charge on any atom is 0.242 e. The van der Waals surface area contributed by atoms with Crippen LogP contribution in [0.4, 0.5) is 11.5 Å². The molecule has 0 spiro atoms. The minimum Gasteiger partial charge on any atom is -0.353 e. The van der Waals surface area contributed by atoms with E-state index in [2.05, 4.69) is 9.88 Å². The zero-order valence-corrected chi connectivity index (χ0v) is 17.2. The molecule has 2 heterocycles. The summed E-state index contributed by atoms with van der Waals surface area (Å²) in [6.07, 6.45) is 3.08. The molecule has 2 amide bonds. The van der Waals surface area contributed by atoms with Gasteiger partial charge in [0.25, 0.3) is 0 Å². The van der Waals surface area contributed by atoms with Gasteiger partial charge in [-0.05, 0) is 56.5 Å². The molecule has 1 aliphatic heterocycles. The molecule has 0 atom stereocenters. The van der Waals surface area contributed by atoms with Crippen LogP contribution in [0, 0.1) is 12.3 Å². The SMILES string of the molecule is CCN(C(=O)C1(C(=O)N2CCN(c3ccccn3)CC2)CC1)c1cccc(C)c1. The first-order valence-electron chi connectivity index (χ1n) is 10.4. The van der Waals surface area contributed by atoms with Crippen LogP contribution in [0.25, 0.3) is 0 Å². The third-order valence-electron chi connectivity index (χ3n) is 5.98. The van der Waals surface area contributed by atoms with Crippen LogP contribution in [0.1, 0.15) is 25.3 Å². The number of hydrogen-bond acceptors (Lipinski definition) is 4. The molecule has 29 heavy (non-hydrogen) atoms. The van der Waals surface area contributed by atoms with Gasteiger partial charge in [-0.3, -0.25) is 9.59 Å². The van der Waals surface area contributed by atoms with Crippen LogP contribution in [-0.2, 0) is 9.59 Å². The smallest absolute Gasteiger partial charge is 0.242 e. The Morgan fingerprint density at radius 1 is 1.07 bits per heavy atom. The molecule has 4 rings (SSSR count). The van der Waals surface area contributed by atoms with Crippen LogP contribution < -0.4 is 9.80 Å². The topological polar surface area (TPSA) is 56.8 Å². The van der Waals surface area contributed by atoms with Crippen molar-refractivity contribution in [3.05, 3.63) is 54.2 Å². The molecule has 1 saturated carbocycles. The number of hydrogen-bond donors (Lipinski definition) is 0. The maximum absolute atomic E-state index is 13.4. The van der Waals surface area contributed by atoms with Gasteiger partial charge in [-0.2, -0.15) is 0 Å². The zero-order valence-electron chi connectivity index (χ0n) is 17.2. The van der Waals surface area contributed by atoms with Crippen molar-refractivity contribution >= 4 is 23.3 Å². The summed E-state index contributed by atoms with van der Waals surface area (Å²) in [6, 6.07) is 13.8. The van der Waals surface area contributed by atoms with Crippen molar-refractivity contribution in [3.63, 3.8) is 0 Å². The molecule has 0 unspecified atom stereocenters. The highest BCUT2D eigenvalue weighted by atomic mass is 16.2. The number of aryl methyl sites for hydroxylation is 1. The van der Waals surface area contributed by atoms with E-state index in [1.165, 1.54) is 0 Å². The molecule has 1 saturated heterocycles. The molecule has 6 nitrogen and oxygen atoms in total. The fraction of sp³-hybridized carbons (Fsp3) is 0.435. The van der Waals surface area contributed by atoms with Gasteiger partial charge >= 0.3 is 0 Å². The minimum atomic E-state index is -0.868. The molecule has 1 aliphatic carbocycles. The molecular formula is C23H28N4O2. The Bertz CT molecular complexity index is 887. The summed E-state index contributed by atoms with van der Waals surface area (Å²) in [4.78, 5) is 37.0.